The smallest absolute Gasteiger partial charge is 0.262 e. The van der Waals surface area contributed by atoms with Gasteiger partial charge in [0.05, 0.1) is 4.90 Å². The number of sulfonamides is 1. The Morgan fingerprint density at radius 1 is 0.852 bits per heavy atom. The molecule has 3 aromatic rings. The highest BCUT2D eigenvalue weighted by Crippen LogP contribution is 2.34. The normalized spacial score (nSPS) is 12.6. The summed E-state index contributed by atoms with van der Waals surface area (Å²) in [5, 5.41) is 3.31. The van der Waals surface area contributed by atoms with E-state index in [-0.39, 0.29) is 11.7 Å². The van der Waals surface area contributed by atoms with Gasteiger partial charge in [-0.3, -0.25) is 4.72 Å². The maximum Gasteiger partial charge on any atom is 0.262 e. The third-order valence-electron chi connectivity index (χ3n) is 4.22. The van der Waals surface area contributed by atoms with Crippen molar-refractivity contribution in [3.05, 3.63) is 72.3 Å². The molecule has 7 heteroatoms. The van der Waals surface area contributed by atoms with Gasteiger partial charge in [-0.1, -0.05) is 18.2 Å². The average Bonchev–Trinajstić information content (AvgIpc) is 3.13. The molecule has 0 atom stereocenters. The van der Waals surface area contributed by atoms with Gasteiger partial charge in [-0.2, -0.15) is 0 Å². The van der Waals surface area contributed by atoms with Gasteiger partial charge in [0.1, 0.15) is 0 Å². The quantitative estimate of drug-likeness (QED) is 0.689. The Hall–Kier alpha value is -3.19. The number of aryl methyl sites for hydroxylation is 1. The summed E-state index contributed by atoms with van der Waals surface area (Å²) in [6.07, 6.45) is 0. The Bertz CT molecular complexity index is 1080. The van der Waals surface area contributed by atoms with Crippen LogP contribution in [-0.2, 0) is 10.0 Å². The topological polar surface area (TPSA) is 76.7 Å². The van der Waals surface area contributed by atoms with Crippen LogP contribution in [0, 0.1) is 6.92 Å². The second-order valence-electron chi connectivity index (χ2n) is 6.14. The monoisotopic (exact) mass is 382 g/mol. The molecule has 3 aromatic carbocycles. The molecule has 0 fully saturated rings. The molecule has 0 bridgehead atoms. The van der Waals surface area contributed by atoms with Crippen LogP contribution in [0.25, 0.3) is 0 Å². The number of ether oxygens (including phenoxy) is 2. The van der Waals surface area contributed by atoms with E-state index < -0.39 is 10.0 Å². The molecule has 0 amide bonds. The third kappa shape index (κ3) is 3.68. The minimum Gasteiger partial charge on any atom is -0.454 e. The zero-order valence-electron chi connectivity index (χ0n) is 14.6. The van der Waals surface area contributed by atoms with E-state index in [2.05, 4.69) is 10.0 Å². The largest absolute Gasteiger partial charge is 0.454 e. The summed E-state index contributed by atoms with van der Waals surface area (Å²) < 4.78 is 38.2. The molecule has 0 unspecified atom stereocenters. The Balaban J connectivity index is 1.50. The van der Waals surface area contributed by atoms with Crippen LogP contribution in [-0.4, -0.2) is 15.2 Å². The number of hydrogen-bond acceptors (Lipinski definition) is 5. The first-order valence-corrected chi connectivity index (χ1v) is 9.85. The molecule has 27 heavy (non-hydrogen) atoms. The van der Waals surface area contributed by atoms with E-state index in [1.165, 1.54) is 12.1 Å². The van der Waals surface area contributed by atoms with Gasteiger partial charge in [0.25, 0.3) is 10.0 Å². The minimum atomic E-state index is -3.72. The summed E-state index contributed by atoms with van der Waals surface area (Å²) in [6, 6.07) is 19.6. The van der Waals surface area contributed by atoms with Crippen LogP contribution in [0.15, 0.2) is 71.6 Å². The Labute approximate surface area is 157 Å². The Morgan fingerprint density at radius 3 is 2.33 bits per heavy atom. The number of rotatable bonds is 5. The molecule has 1 heterocycles. The van der Waals surface area contributed by atoms with Crippen LogP contribution < -0.4 is 19.5 Å². The lowest BCUT2D eigenvalue weighted by atomic mass is 10.2. The van der Waals surface area contributed by atoms with E-state index in [9.17, 15) is 8.42 Å². The summed E-state index contributed by atoms with van der Waals surface area (Å²) in [5.41, 5.74) is 3.48. The SMILES string of the molecule is Cc1ccccc1Nc1ccc(NS(=O)(=O)c2ccc3c(c2)OCO3)cc1. The van der Waals surface area contributed by atoms with E-state index in [0.717, 1.165) is 16.9 Å². The van der Waals surface area contributed by atoms with Gasteiger partial charge in [0.15, 0.2) is 11.5 Å². The molecule has 0 saturated carbocycles. The van der Waals surface area contributed by atoms with E-state index in [4.69, 9.17) is 9.47 Å². The molecule has 4 rings (SSSR count). The Kier molecular flexibility index (Phi) is 4.37. The fourth-order valence-corrected chi connectivity index (χ4v) is 3.82. The van der Waals surface area contributed by atoms with Gasteiger partial charge in [0.2, 0.25) is 6.79 Å². The Morgan fingerprint density at radius 2 is 1.56 bits per heavy atom. The zero-order chi connectivity index (χ0) is 18.9. The van der Waals surface area contributed by atoms with Gasteiger partial charge >= 0.3 is 0 Å². The molecule has 138 valence electrons. The van der Waals surface area contributed by atoms with Gasteiger partial charge in [-0.15, -0.1) is 0 Å². The lowest BCUT2D eigenvalue weighted by molar-refractivity contribution is 0.174. The number of hydrogen-bond donors (Lipinski definition) is 2. The predicted molar refractivity (Wildman–Crippen MR) is 104 cm³/mol. The minimum absolute atomic E-state index is 0.0988. The first kappa shape index (κ1) is 17.2. The van der Waals surface area contributed by atoms with Gasteiger partial charge < -0.3 is 14.8 Å². The van der Waals surface area contributed by atoms with E-state index in [1.807, 2.05) is 43.3 Å². The maximum absolute atomic E-state index is 12.6. The third-order valence-corrected chi connectivity index (χ3v) is 5.59. The molecule has 1 aliphatic rings. The lowest BCUT2D eigenvalue weighted by Gasteiger charge is -2.11. The molecule has 1 aliphatic heterocycles. The molecule has 2 N–H and O–H groups in total. The highest BCUT2D eigenvalue weighted by molar-refractivity contribution is 7.92. The summed E-state index contributed by atoms with van der Waals surface area (Å²) in [5.74, 6) is 0.969. The van der Waals surface area contributed by atoms with Crippen molar-refractivity contribution < 1.29 is 17.9 Å². The molecule has 0 aromatic heterocycles. The van der Waals surface area contributed by atoms with Crippen molar-refractivity contribution in [1.29, 1.82) is 0 Å². The fraction of sp³-hybridized carbons (Fsp3) is 0.100. The lowest BCUT2D eigenvalue weighted by Crippen LogP contribution is -2.12. The molecule has 6 nitrogen and oxygen atoms in total. The van der Waals surface area contributed by atoms with Crippen LogP contribution >= 0.6 is 0 Å². The van der Waals surface area contributed by atoms with Crippen molar-refractivity contribution in [1.82, 2.24) is 0 Å². The molecular weight excluding hydrogens is 364 g/mol. The van der Waals surface area contributed by atoms with Crippen molar-refractivity contribution in [3.63, 3.8) is 0 Å². The van der Waals surface area contributed by atoms with Crippen LogP contribution in [0.5, 0.6) is 11.5 Å². The first-order chi connectivity index (χ1) is 13.0. The van der Waals surface area contributed by atoms with Crippen molar-refractivity contribution in [2.75, 3.05) is 16.8 Å². The van der Waals surface area contributed by atoms with Crippen molar-refractivity contribution in [2.24, 2.45) is 0 Å². The van der Waals surface area contributed by atoms with Crippen molar-refractivity contribution >= 4 is 27.1 Å². The fourth-order valence-electron chi connectivity index (χ4n) is 2.75. The standard InChI is InChI=1S/C20H18N2O4S/c1-14-4-2-3-5-18(14)21-15-6-8-16(9-7-15)22-27(23,24)17-10-11-19-20(12-17)26-13-25-19/h2-12,21-22H,13H2,1H3. The average molecular weight is 382 g/mol. The maximum atomic E-state index is 12.6. The number of para-hydroxylation sites is 1. The van der Waals surface area contributed by atoms with Crippen molar-refractivity contribution in [2.45, 2.75) is 11.8 Å². The second kappa shape index (κ2) is 6.85. The van der Waals surface area contributed by atoms with Crippen LogP contribution in [0.4, 0.5) is 17.1 Å². The van der Waals surface area contributed by atoms with Gasteiger partial charge in [-0.25, -0.2) is 8.42 Å². The van der Waals surface area contributed by atoms with E-state index in [0.29, 0.717) is 17.2 Å². The summed E-state index contributed by atoms with van der Waals surface area (Å²) in [4.78, 5) is 0.119. The van der Waals surface area contributed by atoms with E-state index >= 15 is 0 Å². The first-order valence-electron chi connectivity index (χ1n) is 8.36. The summed E-state index contributed by atoms with van der Waals surface area (Å²) in [6.45, 7) is 2.12. The molecule has 0 saturated heterocycles. The van der Waals surface area contributed by atoms with Crippen LogP contribution in [0.3, 0.4) is 0 Å². The highest BCUT2D eigenvalue weighted by atomic mass is 32.2. The van der Waals surface area contributed by atoms with E-state index in [1.54, 1.807) is 18.2 Å². The summed E-state index contributed by atoms with van der Waals surface area (Å²) >= 11 is 0. The number of benzene rings is 3. The molecule has 0 spiro atoms. The van der Waals surface area contributed by atoms with Crippen LogP contribution in [0.2, 0.25) is 0 Å². The van der Waals surface area contributed by atoms with Gasteiger partial charge in [0, 0.05) is 23.1 Å². The molecule has 0 radical (unpaired) electrons. The number of nitrogens with one attached hydrogen (secondary N) is 2. The molecular formula is C20H18N2O4S. The predicted octanol–water partition coefficient (Wildman–Crippen LogP) is 4.27. The summed E-state index contributed by atoms with van der Waals surface area (Å²) in [7, 11) is -3.72. The second-order valence-corrected chi connectivity index (χ2v) is 7.82. The highest BCUT2D eigenvalue weighted by Gasteiger charge is 2.20. The zero-order valence-corrected chi connectivity index (χ0v) is 15.4. The van der Waals surface area contributed by atoms with Gasteiger partial charge in [-0.05, 0) is 55.0 Å². The number of fused-ring (bicyclic) bond motifs is 1. The van der Waals surface area contributed by atoms with Crippen LogP contribution in [0.1, 0.15) is 5.56 Å². The van der Waals surface area contributed by atoms with Crippen molar-refractivity contribution in [3.8, 4) is 11.5 Å². The molecule has 0 aliphatic carbocycles. The number of anilines is 3.